The zero-order valence-corrected chi connectivity index (χ0v) is 7.79. The lowest BCUT2D eigenvalue weighted by atomic mass is 10.0. The highest BCUT2D eigenvalue weighted by atomic mass is 16.4. The van der Waals surface area contributed by atoms with Gasteiger partial charge >= 0.3 is 5.97 Å². The van der Waals surface area contributed by atoms with Gasteiger partial charge in [0, 0.05) is 6.04 Å². The van der Waals surface area contributed by atoms with Crippen LogP contribution in [0.1, 0.15) is 26.7 Å². The van der Waals surface area contributed by atoms with Gasteiger partial charge in [0.25, 0.3) is 0 Å². The molecule has 0 radical (unpaired) electrons. The Hall–Kier alpha value is -0.570. The highest BCUT2D eigenvalue weighted by Crippen LogP contribution is 2.17. The number of carbonyl (C=O) groups is 1. The van der Waals surface area contributed by atoms with E-state index in [1.165, 1.54) is 6.42 Å². The Morgan fingerprint density at radius 1 is 1.75 bits per heavy atom. The van der Waals surface area contributed by atoms with Gasteiger partial charge in [0.15, 0.2) is 0 Å². The molecule has 1 rings (SSSR count). The van der Waals surface area contributed by atoms with Crippen LogP contribution < -0.4 is 0 Å². The standard InChI is InChI=1S/C9H17NO2/c1-7(9(11)12)3-5-10-6-4-8(10)2/h7-8H,3-6H2,1-2H3,(H,11,12). The number of hydrogen-bond acceptors (Lipinski definition) is 2. The third-order valence-corrected chi connectivity index (χ3v) is 2.73. The molecule has 1 heterocycles. The SMILES string of the molecule is CC(CCN1CCC1C)C(=O)O. The van der Waals surface area contributed by atoms with Crippen LogP contribution in [-0.4, -0.2) is 35.1 Å². The molecule has 3 nitrogen and oxygen atoms in total. The fourth-order valence-electron chi connectivity index (χ4n) is 1.39. The van der Waals surface area contributed by atoms with Crippen LogP contribution in [0, 0.1) is 5.92 Å². The summed E-state index contributed by atoms with van der Waals surface area (Å²) in [7, 11) is 0. The summed E-state index contributed by atoms with van der Waals surface area (Å²) in [6.45, 7) is 6.05. The minimum atomic E-state index is -0.678. The predicted octanol–water partition coefficient (Wildman–Crippen LogP) is 1.19. The third-order valence-electron chi connectivity index (χ3n) is 2.73. The molecule has 0 aliphatic carbocycles. The molecular formula is C9H17NO2. The lowest BCUT2D eigenvalue weighted by molar-refractivity contribution is -0.141. The number of carboxylic acid groups (broad SMARTS) is 1. The molecule has 0 spiro atoms. The topological polar surface area (TPSA) is 40.5 Å². The maximum Gasteiger partial charge on any atom is 0.306 e. The molecule has 1 aliphatic heterocycles. The van der Waals surface area contributed by atoms with Crippen molar-refractivity contribution in [3.63, 3.8) is 0 Å². The fraction of sp³-hybridized carbons (Fsp3) is 0.889. The Labute approximate surface area is 73.4 Å². The minimum Gasteiger partial charge on any atom is -0.481 e. The second-order valence-electron chi connectivity index (χ2n) is 3.70. The first kappa shape index (κ1) is 9.52. The van der Waals surface area contributed by atoms with Crippen molar-refractivity contribution in [1.82, 2.24) is 4.90 Å². The highest BCUT2D eigenvalue weighted by molar-refractivity contribution is 5.69. The number of aliphatic carboxylic acids is 1. The van der Waals surface area contributed by atoms with Crippen molar-refractivity contribution in [1.29, 1.82) is 0 Å². The van der Waals surface area contributed by atoms with E-state index in [2.05, 4.69) is 11.8 Å². The van der Waals surface area contributed by atoms with Crippen molar-refractivity contribution in [3.05, 3.63) is 0 Å². The zero-order chi connectivity index (χ0) is 9.14. The average molecular weight is 171 g/mol. The molecule has 70 valence electrons. The predicted molar refractivity (Wildman–Crippen MR) is 47.1 cm³/mol. The molecular weight excluding hydrogens is 154 g/mol. The van der Waals surface area contributed by atoms with E-state index in [1.807, 2.05) is 0 Å². The zero-order valence-electron chi connectivity index (χ0n) is 7.79. The van der Waals surface area contributed by atoms with Crippen molar-refractivity contribution in [2.24, 2.45) is 5.92 Å². The van der Waals surface area contributed by atoms with Gasteiger partial charge < -0.3 is 10.0 Å². The van der Waals surface area contributed by atoms with Crippen molar-refractivity contribution in [2.75, 3.05) is 13.1 Å². The van der Waals surface area contributed by atoms with E-state index in [4.69, 9.17) is 5.11 Å². The first-order valence-electron chi connectivity index (χ1n) is 4.58. The Bertz CT molecular complexity index is 170. The number of hydrogen-bond donors (Lipinski definition) is 1. The van der Waals surface area contributed by atoms with Gasteiger partial charge in [-0.15, -0.1) is 0 Å². The maximum absolute atomic E-state index is 10.5. The molecule has 0 bridgehead atoms. The third kappa shape index (κ3) is 2.21. The summed E-state index contributed by atoms with van der Waals surface area (Å²) in [5.74, 6) is -0.874. The van der Waals surface area contributed by atoms with Crippen LogP contribution in [0.4, 0.5) is 0 Å². The van der Waals surface area contributed by atoms with Crippen molar-refractivity contribution in [2.45, 2.75) is 32.7 Å². The quantitative estimate of drug-likeness (QED) is 0.690. The first-order chi connectivity index (χ1) is 5.61. The van der Waals surface area contributed by atoms with Gasteiger partial charge in [0.05, 0.1) is 5.92 Å². The van der Waals surface area contributed by atoms with Crippen LogP contribution in [0.3, 0.4) is 0 Å². The molecule has 0 saturated carbocycles. The molecule has 0 aromatic carbocycles. The van der Waals surface area contributed by atoms with Gasteiger partial charge in [-0.3, -0.25) is 4.79 Å². The van der Waals surface area contributed by atoms with Crippen LogP contribution in [0.5, 0.6) is 0 Å². The molecule has 2 atom stereocenters. The van der Waals surface area contributed by atoms with Crippen LogP contribution in [0.2, 0.25) is 0 Å². The molecule has 1 fully saturated rings. The van der Waals surface area contributed by atoms with Gasteiger partial charge in [-0.1, -0.05) is 6.92 Å². The Morgan fingerprint density at radius 2 is 2.42 bits per heavy atom. The van der Waals surface area contributed by atoms with E-state index in [-0.39, 0.29) is 5.92 Å². The highest BCUT2D eigenvalue weighted by Gasteiger charge is 2.23. The summed E-state index contributed by atoms with van der Waals surface area (Å²) >= 11 is 0. The Morgan fingerprint density at radius 3 is 2.75 bits per heavy atom. The summed E-state index contributed by atoms with van der Waals surface area (Å²) < 4.78 is 0. The van der Waals surface area contributed by atoms with E-state index in [0.717, 1.165) is 19.5 Å². The normalized spacial score (nSPS) is 26.3. The molecule has 12 heavy (non-hydrogen) atoms. The van der Waals surface area contributed by atoms with Crippen molar-refractivity contribution >= 4 is 5.97 Å². The van der Waals surface area contributed by atoms with Crippen LogP contribution >= 0.6 is 0 Å². The summed E-state index contributed by atoms with van der Waals surface area (Å²) in [6, 6.07) is 0.672. The van der Waals surface area contributed by atoms with E-state index >= 15 is 0 Å². The van der Waals surface area contributed by atoms with E-state index in [9.17, 15) is 4.79 Å². The van der Waals surface area contributed by atoms with E-state index < -0.39 is 5.97 Å². The average Bonchev–Trinajstić information content (AvgIpc) is 2.01. The molecule has 1 saturated heterocycles. The van der Waals surface area contributed by atoms with E-state index in [1.54, 1.807) is 6.92 Å². The number of rotatable bonds is 4. The van der Waals surface area contributed by atoms with E-state index in [0.29, 0.717) is 6.04 Å². The number of likely N-dealkylation sites (tertiary alicyclic amines) is 1. The van der Waals surface area contributed by atoms with Crippen molar-refractivity contribution in [3.8, 4) is 0 Å². The Balaban J connectivity index is 2.12. The smallest absolute Gasteiger partial charge is 0.306 e. The molecule has 0 amide bonds. The van der Waals surface area contributed by atoms with Crippen molar-refractivity contribution < 1.29 is 9.90 Å². The lowest BCUT2D eigenvalue weighted by Gasteiger charge is -2.38. The minimum absolute atomic E-state index is 0.196. The molecule has 2 unspecified atom stereocenters. The summed E-state index contributed by atoms with van der Waals surface area (Å²) in [6.07, 6.45) is 2.04. The van der Waals surface area contributed by atoms with Gasteiger partial charge in [0.1, 0.15) is 0 Å². The van der Waals surface area contributed by atoms with Crippen LogP contribution in [-0.2, 0) is 4.79 Å². The van der Waals surface area contributed by atoms with Gasteiger partial charge in [-0.2, -0.15) is 0 Å². The number of carboxylic acids is 1. The monoisotopic (exact) mass is 171 g/mol. The first-order valence-corrected chi connectivity index (χ1v) is 4.58. The Kier molecular flexibility index (Phi) is 3.09. The molecule has 0 aromatic rings. The van der Waals surface area contributed by atoms with Gasteiger partial charge in [-0.25, -0.2) is 0 Å². The second kappa shape index (κ2) is 3.90. The van der Waals surface area contributed by atoms with Crippen LogP contribution in [0.15, 0.2) is 0 Å². The summed E-state index contributed by atoms with van der Waals surface area (Å²) in [4.78, 5) is 12.8. The largest absolute Gasteiger partial charge is 0.481 e. The molecule has 3 heteroatoms. The number of nitrogens with zero attached hydrogens (tertiary/aromatic N) is 1. The fourth-order valence-corrected chi connectivity index (χ4v) is 1.39. The van der Waals surface area contributed by atoms with Gasteiger partial charge in [0.2, 0.25) is 0 Å². The van der Waals surface area contributed by atoms with Crippen LogP contribution in [0.25, 0.3) is 0 Å². The lowest BCUT2D eigenvalue weighted by Crippen LogP contribution is -2.46. The second-order valence-corrected chi connectivity index (χ2v) is 3.70. The maximum atomic E-state index is 10.5. The molecule has 1 N–H and O–H groups in total. The summed E-state index contributed by atoms with van der Waals surface area (Å²) in [5, 5.41) is 8.63. The molecule has 1 aliphatic rings. The van der Waals surface area contributed by atoms with Gasteiger partial charge in [-0.05, 0) is 32.9 Å². The summed E-state index contributed by atoms with van der Waals surface area (Å²) in [5.41, 5.74) is 0. The molecule has 0 aromatic heterocycles.